The van der Waals surface area contributed by atoms with Gasteiger partial charge in [0.05, 0.1) is 23.3 Å². The Morgan fingerprint density at radius 1 is 1.35 bits per heavy atom. The molecule has 2 N–H and O–H groups in total. The third-order valence-corrected chi connectivity index (χ3v) is 4.68. The van der Waals surface area contributed by atoms with E-state index in [-0.39, 0.29) is 17.5 Å². The zero-order chi connectivity index (χ0) is 17.0. The number of carbonyl (C=O) groups is 2. The Morgan fingerprint density at radius 3 is 2.52 bits per heavy atom. The lowest BCUT2D eigenvalue weighted by Gasteiger charge is -2.30. The monoisotopic (exact) mass is 327 g/mol. The topological polar surface area (TPSA) is 96.3 Å². The van der Waals surface area contributed by atoms with Gasteiger partial charge in [0.25, 0.3) is 0 Å². The molecule has 0 spiro atoms. The first kappa shape index (κ1) is 17.0. The van der Waals surface area contributed by atoms with Crippen LogP contribution in [0.4, 0.5) is 0 Å². The van der Waals surface area contributed by atoms with Gasteiger partial charge in [-0.25, -0.2) is 4.99 Å². The average Bonchev–Trinajstić information content (AvgIpc) is 2.52. The molecule has 1 amide bonds. The summed E-state index contributed by atoms with van der Waals surface area (Å²) >= 11 is 1.14. The van der Waals surface area contributed by atoms with Gasteiger partial charge in [0.2, 0.25) is 5.91 Å². The van der Waals surface area contributed by atoms with Crippen molar-refractivity contribution in [1.82, 2.24) is 0 Å². The molecule has 0 radical (unpaired) electrons. The molecule has 23 heavy (non-hydrogen) atoms. The molecule has 1 aliphatic rings. The van der Waals surface area contributed by atoms with E-state index in [0.29, 0.717) is 16.3 Å². The molecule has 0 aromatic heterocycles. The number of nitrogens with zero attached hydrogens (tertiary/aromatic N) is 2. The highest BCUT2D eigenvalue weighted by atomic mass is 32.2. The highest BCUT2D eigenvalue weighted by Gasteiger charge is 2.37. The van der Waals surface area contributed by atoms with Gasteiger partial charge in [-0.1, -0.05) is 42.1 Å². The zero-order valence-electron chi connectivity index (χ0n) is 12.9. The molecule has 0 aliphatic carbocycles. The summed E-state index contributed by atoms with van der Waals surface area (Å²) in [6.45, 7) is 3.29. The van der Waals surface area contributed by atoms with Crippen molar-refractivity contribution in [3.63, 3.8) is 0 Å². The number of allylic oxidation sites excluding steroid dienone is 1. The fraction of sp³-hybridized carbons (Fsp3) is 0.294. The molecule has 1 aromatic rings. The first-order valence-electron chi connectivity index (χ1n) is 7.11. The Kier molecular flexibility index (Phi) is 5.35. The molecule has 1 aliphatic heterocycles. The van der Waals surface area contributed by atoms with Gasteiger partial charge < -0.3 is 5.73 Å². The van der Waals surface area contributed by atoms with Crippen molar-refractivity contribution >= 4 is 29.2 Å². The van der Waals surface area contributed by atoms with E-state index in [1.54, 1.807) is 6.92 Å². The maximum Gasteiger partial charge on any atom is 0.227 e. The van der Waals surface area contributed by atoms with Crippen molar-refractivity contribution in [2.24, 2.45) is 16.6 Å². The van der Waals surface area contributed by atoms with Crippen molar-refractivity contribution in [1.29, 1.82) is 5.26 Å². The van der Waals surface area contributed by atoms with Gasteiger partial charge >= 0.3 is 0 Å². The van der Waals surface area contributed by atoms with Gasteiger partial charge in [-0.2, -0.15) is 5.26 Å². The lowest BCUT2D eigenvalue weighted by atomic mass is 9.75. The van der Waals surface area contributed by atoms with Crippen molar-refractivity contribution < 1.29 is 9.59 Å². The van der Waals surface area contributed by atoms with Crippen LogP contribution in [0, 0.1) is 17.2 Å². The summed E-state index contributed by atoms with van der Waals surface area (Å²) in [6.07, 6.45) is 0. The van der Waals surface area contributed by atoms with Crippen LogP contribution in [0.3, 0.4) is 0 Å². The predicted molar refractivity (Wildman–Crippen MR) is 90.8 cm³/mol. The molecule has 0 bridgehead atoms. The second-order valence-electron chi connectivity index (χ2n) is 5.32. The van der Waals surface area contributed by atoms with Gasteiger partial charge in [-0.15, -0.1) is 0 Å². The minimum Gasteiger partial charge on any atom is -0.369 e. The maximum absolute atomic E-state index is 12.1. The highest BCUT2D eigenvalue weighted by Crippen LogP contribution is 2.41. The average molecular weight is 327 g/mol. The first-order chi connectivity index (χ1) is 11.0. The van der Waals surface area contributed by atoms with Gasteiger partial charge in [-0.05, 0) is 19.4 Å². The van der Waals surface area contributed by atoms with Crippen LogP contribution < -0.4 is 5.73 Å². The summed E-state index contributed by atoms with van der Waals surface area (Å²) < 4.78 is 0. The van der Waals surface area contributed by atoms with Crippen LogP contribution in [0.15, 0.2) is 45.9 Å². The number of carbonyl (C=O) groups excluding carboxylic acids is 2. The van der Waals surface area contributed by atoms with Crippen molar-refractivity contribution in [2.45, 2.75) is 19.8 Å². The van der Waals surface area contributed by atoms with Crippen molar-refractivity contribution in [2.75, 3.05) is 5.75 Å². The Labute approximate surface area is 139 Å². The number of benzene rings is 1. The van der Waals surface area contributed by atoms with E-state index in [9.17, 15) is 14.9 Å². The van der Waals surface area contributed by atoms with E-state index < -0.39 is 11.8 Å². The predicted octanol–water partition coefficient (Wildman–Crippen LogP) is 2.40. The fourth-order valence-electron chi connectivity index (χ4n) is 2.75. The van der Waals surface area contributed by atoms with Crippen LogP contribution in [0.25, 0.3) is 0 Å². The molecule has 2 rings (SSSR count). The lowest BCUT2D eigenvalue weighted by molar-refractivity contribution is -0.119. The standard InChI is InChI=1S/C17H17N3O2S/c1-10-15(11(2)21)16(12-6-4-3-5-7-12)13(8-18)17(20-10)23-9-14(19)22/h3-7,15-16H,9H2,1-2H3,(H2,19,22)/t15?,16-/m0/s1. The normalized spacial score (nSPS) is 20.7. The fourth-order valence-corrected chi connectivity index (χ4v) is 3.56. The summed E-state index contributed by atoms with van der Waals surface area (Å²) in [7, 11) is 0. The summed E-state index contributed by atoms with van der Waals surface area (Å²) in [5.41, 5.74) is 7.13. The zero-order valence-corrected chi connectivity index (χ0v) is 13.8. The van der Waals surface area contributed by atoms with E-state index >= 15 is 0 Å². The number of Topliss-reactive ketones (excluding diaryl/α,β-unsaturated/α-hetero) is 1. The molecule has 1 aromatic carbocycles. The van der Waals surface area contributed by atoms with Gasteiger partial charge in [0.1, 0.15) is 10.8 Å². The SMILES string of the molecule is CC(=O)C1C(C)=NC(SCC(N)=O)=C(C#N)[C@@H]1c1ccccc1. The molecule has 6 heteroatoms. The lowest BCUT2D eigenvalue weighted by Crippen LogP contribution is -2.31. The third kappa shape index (κ3) is 3.69. The smallest absolute Gasteiger partial charge is 0.227 e. The molecule has 2 atom stereocenters. The third-order valence-electron chi connectivity index (χ3n) is 3.67. The molecule has 0 saturated carbocycles. The number of ketones is 1. The molecule has 0 fully saturated rings. The van der Waals surface area contributed by atoms with Crippen LogP contribution in [0.5, 0.6) is 0 Å². The van der Waals surface area contributed by atoms with Crippen molar-refractivity contribution in [3.8, 4) is 6.07 Å². The number of aliphatic imine (C=N–C) groups is 1. The number of hydrogen-bond acceptors (Lipinski definition) is 5. The molecule has 1 unspecified atom stereocenters. The van der Waals surface area contributed by atoms with E-state index in [4.69, 9.17) is 5.73 Å². The van der Waals surface area contributed by atoms with E-state index in [1.807, 2.05) is 30.3 Å². The number of primary amides is 1. The second-order valence-corrected chi connectivity index (χ2v) is 6.28. The van der Waals surface area contributed by atoms with Crippen molar-refractivity contribution in [3.05, 3.63) is 46.5 Å². The van der Waals surface area contributed by atoms with Crippen LogP contribution in [0.2, 0.25) is 0 Å². The Balaban J connectivity index is 2.56. The molecule has 0 saturated heterocycles. The van der Waals surface area contributed by atoms with Gasteiger partial charge in [0, 0.05) is 11.6 Å². The largest absolute Gasteiger partial charge is 0.369 e. The quantitative estimate of drug-likeness (QED) is 0.898. The minimum atomic E-state index is -0.474. The number of thioether (sulfide) groups is 1. The van der Waals surface area contributed by atoms with Gasteiger partial charge in [0.15, 0.2) is 0 Å². The number of rotatable bonds is 5. The summed E-state index contributed by atoms with van der Waals surface area (Å²) in [6, 6.07) is 11.6. The summed E-state index contributed by atoms with van der Waals surface area (Å²) in [5, 5.41) is 10.1. The number of amides is 1. The molecular weight excluding hydrogens is 310 g/mol. The maximum atomic E-state index is 12.1. The Bertz CT molecular complexity index is 732. The first-order valence-corrected chi connectivity index (χ1v) is 8.10. The Hall–Kier alpha value is -2.39. The number of nitriles is 1. The Morgan fingerprint density at radius 2 is 2.00 bits per heavy atom. The van der Waals surface area contributed by atoms with E-state index in [2.05, 4.69) is 11.1 Å². The number of hydrogen-bond donors (Lipinski definition) is 1. The highest BCUT2D eigenvalue weighted by molar-refractivity contribution is 8.03. The summed E-state index contributed by atoms with van der Waals surface area (Å²) in [5.74, 6) is -1.32. The van der Waals surface area contributed by atoms with E-state index in [1.165, 1.54) is 6.92 Å². The molecule has 118 valence electrons. The van der Waals surface area contributed by atoms with Crippen LogP contribution in [-0.4, -0.2) is 23.2 Å². The minimum absolute atomic E-state index is 0.0354. The second kappa shape index (κ2) is 7.25. The molecule has 1 heterocycles. The van der Waals surface area contributed by atoms with Crippen LogP contribution in [-0.2, 0) is 9.59 Å². The van der Waals surface area contributed by atoms with Crippen LogP contribution in [0.1, 0.15) is 25.3 Å². The van der Waals surface area contributed by atoms with E-state index in [0.717, 1.165) is 17.3 Å². The van der Waals surface area contributed by atoms with Gasteiger partial charge in [-0.3, -0.25) is 9.59 Å². The molecular formula is C17H17N3O2S. The number of nitrogens with two attached hydrogens (primary N) is 1. The molecule has 5 nitrogen and oxygen atoms in total. The van der Waals surface area contributed by atoms with Crippen LogP contribution >= 0.6 is 11.8 Å². The summed E-state index contributed by atoms with van der Waals surface area (Å²) in [4.78, 5) is 27.6.